The number of carboxylic acids is 1. The number of alkyl halides is 2. The molecule has 0 unspecified atom stereocenters. The standard InChI is InChI=1S/C21H20F2N6O3S/c1-11-7-13(12(2)26-18-15(20(31)32)25-10-33-18)17-27-16(14(8-24)19(30)29(17)9-11)28-5-3-21(22,23)4-6-28/h7,9-10,12,26H,3-6H2,1-2H3,(H,31,32)/t12-/m1/s1. The Balaban J connectivity index is 1.83. The SMILES string of the molecule is Cc1cc([C@@H](C)Nc2scnc2C(=O)O)c2nc(N3CCC(F)(F)CC3)c(C#N)c(=O)n2c1. The zero-order valence-corrected chi connectivity index (χ0v) is 18.6. The van der Waals surface area contributed by atoms with E-state index in [0.717, 1.165) is 16.9 Å². The molecule has 3 aromatic rings. The molecule has 0 bridgehead atoms. The smallest absolute Gasteiger partial charge is 0.357 e. The van der Waals surface area contributed by atoms with Crippen molar-refractivity contribution in [1.29, 1.82) is 5.26 Å². The molecule has 1 aliphatic heterocycles. The number of halogens is 2. The zero-order chi connectivity index (χ0) is 23.9. The first-order valence-corrected chi connectivity index (χ1v) is 11.0. The number of hydrogen-bond donors (Lipinski definition) is 2. The minimum atomic E-state index is -2.79. The Morgan fingerprint density at radius 3 is 2.73 bits per heavy atom. The van der Waals surface area contributed by atoms with E-state index in [1.54, 1.807) is 31.0 Å². The Morgan fingerprint density at radius 2 is 2.09 bits per heavy atom. The summed E-state index contributed by atoms with van der Waals surface area (Å²) < 4.78 is 28.6. The first-order chi connectivity index (χ1) is 15.6. The molecular weight excluding hydrogens is 454 g/mol. The molecule has 3 aromatic heterocycles. The molecule has 0 amide bonds. The fourth-order valence-corrected chi connectivity index (χ4v) is 4.62. The topological polar surface area (TPSA) is 124 Å². The molecule has 33 heavy (non-hydrogen) atoms. The van der Waals surface area contributed by atoms with Gasteiger partial charge in [-0.05, 0) is 25.5 Å². The fourth-order valence-electron chi connectivity index (χ4n) is 3.86. The van der Waals surface area contributed by atoms with Gasteiger partial charge in [0.2, 0.25) is 0 Å². The number of rotatable bonds is 5. The monoisotopic (exact) mass is 474 g/mol. The molecule has 0 aromatic carbocycles. The van der Waals surface area contributed by atoms with Crippen molar-refractivity contribution in [2.45, 2.75) is 38.7 Å². The van der Waals surface area contributed by atoms with Gasteiger partial charge in [-0.15, -0.1) is 11.3 Å². The van der Waals surface area contributed by atoms with Gasteiger partial charge >= 0.3 is 5.97 Å². The van der Waals surface area contributed by atoms with Crippen LogP contribution in [0.5, 0.6) is 0 Å². The highest BCUT2D eigenvalue weighted by atomic mass is 32.1. The molecule has 0 spiro atoms. The summed E-state index contributed by atoms with van der Waals surface area (Å²) in [5, 5.41) is 22.4. The number of nitrogens with one attached hydrogen (secondary N) is 1. The van der Waals surface area contributed by atoms with Gasteiger partial charge in [0.1, 0.15) is 16.7 Å². The van der Waals surface area contributed by atoms with Gasteiger partial charge in [-0.2, -0.15) is 5.26 Å². The van der Waals surface area contributed by atoms with Gasteiger partial charge in [0, 0.05) is 37.7 Å². The maximum Gasteiger partial charge on any atom is 0.357 e. The van der Waals surface area contributed by atoms with Crippen molar-refractivity contribution in [3.05, 3.63) is 50.5 Å². The predicted molar refractivity (Wildman–Crippen MR) is 118 cm³/mol. The minimum Gasteiger partial charge on any atom is -0.476 e. The summed E-state index contributed by atoms with van der Waals surface area (Å²) in [7, 11) is 0. The van der Waals surface area contributed by atoms with E-state index in [2.05, 4.69) is 15.3 Å². The van der Waals surface area contributed by atoms with Crippen LogP contribution in [0.4, 0.5) is 19.6 Å². The normalized spacial score (nSPS) is 16.4. The molecule has 1 fully saturated rings. The number of aromatic carboxylic acids is 1. The zero-order valence-electron chi connectivity index (χ0n) is 17.8. The van der Waals surface area contributed by atoms with Crippen molar-refractivity contribution in [1.82, 2.24) is 14.4 Å². The molecule has 0 saturated carbocycles. The van der Waals surface area contributed by atoms with E-state index in [1.165, 1.54) is 9.91 Å². The molecule has 1 saturated heterocycles. The average Bonchev–Trinajstić information content (AvgIpc) is 3.22. The van der Waals surface area contributed by atoms with Crippen LogP contribution < -0.4 is 15.8 Å². The number of thiazole rings is 1. The van der Waals surface area contributed by atoms with Gasteiger partial charge in [0.25, 0.3) is 11.5 Å². The van der Waals surface area contributed by atoms with E-state index < -0.39 is 23.5 Å². The van der Waals surface area contributed by atoms with Gasteiger partial charge in [-0.25, -0.2) is 23.5 Å². The van der Waals surface area contributed by atoms with Crippen molar-refractivity contribution in [3.8, 4) is 6.07 Å². The largest absolute Gasteiger partial charge is 0.476 e. The number of piperidine rings is 1. The van der Waals surface area contributed by atoms with E-state index in [1.807, 2.05) is 6.07 Å². The average molecular weight is 474 g/mol. The first-order valence-electron chi connectivity index (χ1n) is 10.1. The lowest BCUT2D eigenvalue weighted by Gasteiger charge is -2.33. The Morgan fingerprint density at radius 1 is 1.39 bits per heavy atom. The van der Waals surface area contributed by atoms with Crippen LogP contribution in [-0.4, -0.2) is 44.5 Å². The van der Waals surface area contributed by atoms with Crippen molar-refractivity contribution < 1.29 is 18.7 Å². The number of nitrogens with zero attached hydrogens (tertiary/aromatic N) is 5. The van der Waals surface area contributed by atoms with Crippen LogP contribution in [-0.2, 0) is 0 Å². The van der Waals surface area contributed by atoms with E-state index in [4.69, 9.17) is 0 Å². The van der Waals surface area contributed by atoms with Crippen molar-refractivity contribution >= 4 is 33.8 Å². The van der Waals surface area contributed by atoms with Gasteiger partial charge in [-0.3, -0.25) is 9.20 Å². The molecule has 4 heterocycles. The molecule has 12 heteroatoms. The van der Waals surface area contributed by atoms with Gasteiger partial charge in [-0.1, -0.05) is 0 Å². The lowest BCUT2D eigenvalue weighted by Crippen LogP contribution is -2.41. The number of aryl methyl sites for hydroxylation is 1. The van der Waals surface area contributed by atoms with Gasteiger partial charge in [0.15, 0.2) is 17.1 Å². The number of fused-ring (bicyclic) bond motifs is 1. The summed E-state index contributed by atoms with van der Waals surface area (Å²) in [5.74, 6) is -3.87. The summed E-state index contributed by atoms with van der Waals surface area (Å²) in [5.41, 5.74) is 2.09. The van der Waals surface area contributed by atoms with Crippen molar-refractivity contribution in [2.24, 2.45) is 0 Å². The highest BCUT2D eigenvalue weighted by molar-refractivity contribution is 7.14. The molecule has 2 N–H and O–H groups in total. The summed E-state index contributed by atoms with van der Waals surface area (Å²) in [6.07, 6.45) is 0.785. The predicted octanol–water partition coefficient (Wildman–Crippen LogP) is 3.44. The molecule has 0 aliphatic carbocycles. The minimum absolute atomic E-state index is 0.0257. The van der Waals surface area contributed by atoms with Crippen molar-refractivity contribution in [2.75, 3.05) is 23.3 Å². The van der Waals surface area contributed by atoms with E-state index in [0.29, 0.717) is 10.6 Å². The lowest BCUT2D eigenvalue weighted by molar-refractivity contribution is -0.0221. The molecular formula is C21H20F2N6O3S. The van der Waals surface area contributed by atoms with Crippen LogP contribution in [0, 0.1) is 18.3 Å². The maximum atomic E-state index is 13.7. The van der Waals surface area contributed by atoms with Crippen molar-refractivity contribution in [3.63, 3.8) is 0 Å². The number of hydrogen-bond acceptors (Lipinski definition) is 8. The summed E-state index contributed by atoms with van der Waals surface area (Å²) in [6, 6.07) is 3.22. The third-order valence-corrected chi connectivity index (χ3v) is 6.32. The molecule has 0 radical (unpaired) electrons. The molecule has 1 aliphatic rings. The van der Waals surface area contributed by atoms with E-state index in [-0.39, 0.29) is 48.7 Å². The van der Waals surface area contributed by atoms with Gasteiger partial charge in [0.05, 0.1) is 11.6 Å². The number of nitriles is 1. The van der Waals surface area contributed by atoms with E-state index in [9.17, 15) is 28.7 Å². The number of anilines is 2. The number of pyridine rings is 1. The molecule has 172 valence electrons. The molecule has 9 nitrogen and oxygen atoms in total. The molecule has 1 atom stereocenters. The third kappa shape index (κ3) is 4.23. The van der Waals surface area contributed by atoms with Crippen LogP contribution in [0.25, 0.3) is 5.65 Å². The second kappa shape index (κ2) is 8.40. The number of carboxylic acid groups (broad SMARTS) is 1. The highest BCUT2D eigenvalue weighted by Crippen LogP contribution is 2.32. The first kappa shape index (κ1) is 22.6. The highest BCUT2D eigenvalue weighted by Gasteiger charge is 2.35. The number of aromatic nitrogens is 3. The quantitative estimate of drug-likeness (QED) is 0.576. The summed E-state index contributed by atoms with van der Waals surface area (Å²) >= 11 is 1.13. The Labute approximate surface area is 190 Å². The van der Waals surface area contributed by atoms with Crippen LogP contribution in [0.15, 0.2) is 22.6 Å². The fraction of sp³-hybridized carbons (Fsp3) is 0.381. The second-order valence-electron chi connectivity index (χ2n) is 7.94. The Bertz CT molecular complexity index is 1340. The Kier molecular flexibility index (Phi) is 5.75. The van der Waals surface area contributed by atoms with Gasteiger partial charge < -0.3 is 15.3 Å². The lowest BCUT2D eigenvalue weighted by atomic mass is 10.1. The maximum absolute atomic E-state index is 13.7. The third-order valence-electron chi connectivity index (χ3n) is 5.56. The number of carbonyl (C=O) groups is 1. The molecule has 4 rings (SSSR count). The van der Waals surface area contributed by atoms with Crippen LogP contribution in [0.1, 0.15) is 53.0 Å². The van der Waals surface area contributed by atoms with E-state index >= 15 is 0 Å². The van der Waals surface area contributed by atoms with Crippen LogP contribution in [0.3, 0.4) is 0 Å². The summed E-state index contributed by atoms with van der Waals surface area (Å²) in [4.78, 5) is 34.5. The Hall–Kier alpha value is -3.59. The summed E-state index contributed by atoms with van der Waals surface area (Å²) in [6.45, 7) is 3.51. The second-order valence-corrected chi connectivity index (χ2v) is 8.79. The van der Waals surface area contributed by atoms with Crippen LogP contribution >= 0.6 is 11.3 Å². The van der Waals surface area contributed by atoms with Crippen LogP contribution in [0.2, 0.25) is 0 Å².